The molecule has 1 aromatic heterocycles. The van der Waals surface area contributed by atoms with Crippen LogP contribution < -0.4 is 11.2 Å². The molecule has 2 aromatic rings. The van der Waals surface area contributed by atoms with Crippen molar-refractivity contribution in [2.24, 2.45) is 10.8 Å². The van der Waals surface area contributed by atoms with Gasteiger partial charge in [0.2, 0.25) is 0 Å². The van der Waals surface area contributed by atoms with Gasteiger partial charge in [0.05, 0.1) is 19.8 Å². The van der Waals surface area contributed by atoms with E-state index in [1.165, 1.54) is 10.8 Å². The molecule has 2 atom stereocenters. The van der Waals surface area contributed by atoms with Crippen LogP contribution in [0.4, 0.5) is 0 Å². The van der Waals surface area contributed by atoms with Crippen LogP contribution in [0.25, 0.3) is 0 Å². The van der Waals surface area contributed by atoms with Gasteiger partial charge in [0, 0.05) is 39.7 Å². The summed E-state index contributed by atoms with van der Waals surface area (Å²) in [7, 11) is -4.15. The van der Waals surface area contributed by atoms with Crippen molar-refractivity contribution >= 4 is 41.6 Å². The topological polar surface area (TPSA) is 143 Å². The van der Waals surface area contributed by atoms with Crippen molar-refractivity contribution in [1.82, 2.24) is 9.55 Å². The largest absolute Gasteiger partial charge is 0.474 e. The van der Waals surface area contributed by atoms with Crippen LogP contribution >= 0.6 is 31.3 Å². The van der Waals surface area contributed by atoms with Gasteiger partial charge in [0.1, 0.15) is 6.10 Å². The van der Waals surface area contributed by atoms with Gasteiger partial charge in [0.25, 0.3) is 5.56 Å². The molecular weight excluding hydrogens is 603 g/mol. The molecule has 1 aromatic carbocycles. The Hall–Kier alpha value is -1.99. The molecule has 2 heterocycles. The molecule has 232 valence electrons. The minimum Gasteiger partial charge on any atom is -0.343 e. The molecule has 0 saturated heterocycles. The maximum absolute atomic E-state index is 13.6. The summed E-state index contributed by atoms with van der Waals surface area (Å²) in [5.74, 6) is 0.479. The number of ether oxygens (including phenoxy) is 1. The maximum Gasteiger partial charge on any atom is 0.474 e. The minimum atomic E-state index is -4.15. The third-order valence-corrected chi connectivity index (χ3v) is 9.99. The fraction of sp³-hybridized carbons (Fsp3) is 0.571. The number of aryl methyl sites for hydroxylation is 1. The smallest absolute Gasteiger partial charge is 0.343 e. The Balaban J connectivity index is 1.72. The van der Waals surface area contributed by atoms with Crippen molar-refractivity contribution in [3.8, 4) is 0 Å². The van der Waals surface area contributed by atoms with Crippen LogP contribution in [0.3, 0.4) is 0 Å². The molecular formula is C28H39N2O9PS2. The van der Waals surface area contributed by atoms with Crippen LogP contribution in [0.15, 0.2) is 40.1 Å². The molecule has 3 rings (SSSR count). The molecule has 0 aliphatic carbocycles. The Morgan fingerprint density at radius 3 is 1.98 bits per heavy atom. The number of carbonyl (C=O) groups is 2. The average molecular weight is 643 g/mol. The Morgan fingerprint density at radius 2 is 1.45 bits per heavy atom. The van der Waals surface area contributed by atoms with Gasteiger partial charge in [-0.05, 0) is 12.5 Å². The number of aromatic amines is 1. The number of thioether (sulfide) groups is 2. The number of hydrogen-bond acceptors (Lipinski definition) is 11. The van der Waals surface area contributed by atoms with Gasteiger partial charge in [0.15, 0.2) is 16.5 Å². The first-order valence-electron chi connectivity index (χ1n) is 13.5. The van der Waals surface area contributed by atoms with Crippen molar-refractivity contribution in [3.63, 3.8) is 0 Å². The lowest BCUT2D eigenvalue weighted by atomic mass is 9.99. The van der Waals surface area contributed by atoms with Crippen molar-refractivity contribution in [3.05, 3.63) is 68.0 Å². The molecule has 0 unspecified atom stereocenters. The molecule has 1 aliphatic rings. The lowest BCUT2D eigenvalue weighted by molar-refractivity contribution is -0.118. The van der Waals surface area contributed by atoms with Crippen molar-refractivity contribution < 1.29 is 32.5 Å². The average Bonchev–Trinajstić information content (AvgIpc) is 3.27. The summed E-state index contributed by atoms with van der Waals surface area (Å²) in [5, 5.41) is -0.0656. The van der Waals surface area contributed by atoms with E-state index in [1.54, 1.807) is 25.1 Å². The summed E-state index contributed by atoms with van der Waals surface area (Å²) < 4.78 is 38.0. The van der Waals surface area contributed by atoms with E-state index in [-0.39, 0.29) is 41.6 Å². The van der Waals surface area contributed by atoms with E-state index in [9.17, 15) is 23.7 Å². The van der Waals surface area contributed by atoms with Gasteiger partial charge < -0.3 is 4.74 Å². The number of rotatable bonds is 12. The summed E-state index contributed by atoms with van der Waals surface area (Å²) >= 11 is 2.13. The van der Waals surface area contributed by atoms with Crippen molar-refractivity contribution in [1.29, 1.82) is 0 Å². The number of carbonyl (C=O) groups excluding carboxylic acids is 2. The Labute approximate surface area is 254 Å². The number of aromatic nitrogens is 2. The van der Waals surface area contributed by atoms with E-state index in [0.29, 0.717) is 16.7 Å². The van der Waals surface area contributed by atoms with E-state index in [0.717, 1.165) is 23.5 Å². The molecule has 11 nitrogen and oxygen atoms in total. The zero-order valence-corrected chi connectivity index (χ0v) is 27.5. The summed E-state index contributed by atoms with van der Waals surface area (Å²) in [6.07, 6.45) is -0.158. The van der Waals surface area contributed by atoms with E-state index in [1.807, 2.05) is 47.6 Å². The number of phosphoric acid groups is 1. The zero-order valence-electron chi connectivity index (χ0n) is 25.0. The molecule has 0 spiro atoms. The van der Waals surface area contributed by atoms with E-state index in [2.05, 4.69) is 4.98 Å². The van der Waals surface area contributed by atoms with Gasteiger partial charge in [-0.15, -0.1) is 0 Å². The first kappa shape index (κ1) is 34.5. The molecule has 1 aliphatic heterocycles. The number of fused-ring (bicyclic) bond motifs is 1. The highest BCUT2D eigenvalue weighted by Gasteiger charge is 2.37. The first-order chi connectivity index (χ1) is 19.5. The summed E-state index contributed by atoms with van der Waals surface area (Å²) in [5.41, 5.74) is -0.445. The predicted molar refractivity (Wildman–Crippen MR) is 164 cm³/mol. The molecule has 0 radical (unpaired) electrons. The summed E-state index contributed by atoms with van der Waals surface area (Å²) in [4.78, 5) is 51.3. The number of benzene rings is 1. The molecule has 0 fully saturated rings. The molecule has 1 N–H and O–H groups in total. The fourth-order valence-corrected chi connectivity index (χ4v) is 6.70. The first-order valence-corrected chi connectivity index (χ1v) is 16.9. The third kappa shape index (κ3) is 9.25. The van der Waals surface area contributed by atoms with Crippen LogP contribution in [0.5, 0.6) is 0 Å². The number of H-pyrrole nitrogens is 1. The van der Waals surface area contributed by atoms with Gasteiger partial charge >= 0.3 is 13.5 Å². The van der Waals surface area contributed by atoms with Crippen LogP contribution in [0.2, 0.25) is 0 Å². The Bertz CT molecular complexity index is 1400. The monoisotopic (exact) mass is 642 g/mol. The van der Waals surface area contributed by atoms with Crippen LogP contribution in [0, 0.1) is 17.8 Å². The molecule has 14 heteroatoms. The number of phosphoric ester groups is 1. The lowest BCUT2D eigenvalue weighted by Gasteiger charge is -2.22. The second-order valence-corrected chi connectivity index (χ2v) is 15.6. The molecule has 0 amide bonds. The summed E-state index contributed by atoms with van der Waals surface area (Å²) in [6.45, 7) is 12.1. The lowest BCUT2D eigenvalue weighted by Crippen LogP contribution is -2.33. The standard InChI is InChI=1S/C28H39N2O9PS2/c1-18-16-30(26(34)29-22(18)31)23-20-11-9-8-10-19(20)21(39-23)17-38-40(35,36-12-14-41-24(32)27(2,3)4)37-13-15-42-25(33)28(5,6)7/h8-11,16,21,23H,12-15,17H2,1-7H3,(H,29,31,34)/t21-,23-/m1/s1. The highest BCUT2D eigenvalue weighted by Crippen LogP contribution is 2.51. The number of hydrogen-bond donors (Lipinski definition) is 1. The van der Waals surface area contributed by atoms with Gasteiger partial charge in [-0.2, -0.15) is 0 Å². The van der Waals surface area contributed by atoms with Gasteiger partial charge in [-0.1, -0.05) is 89.3 Å². The fourth-order valence-electron chi connectivity index (χ4n) is 3.71. The normalized spacial score (nSPS) is 17.3. The van der Waals surface area contributed by atoms with E-state index in [4.69, 9.17) is 18.3 Å². The second kappa shape index (κ2) is 14.2. The Morgan fingerprint density at radius 1 is 0.929 bits per heavy atom. The zero-order chi connectivity index (χ0) is 31.3. The van der Waals surface area contributed by atoms with Crippen molar-refractivity contribution in [2.75, 3.05) is 31.3 Å². The maximum atomic E-state index is 13.6. The quantitative estimate of drug-likeness (QED) is 0.240. The highest BCUT2D eigenvalue weighted by atomic mass is 32.2. The highest BCUT2D eigenvalue weighted by molar-refractivity contribution is 8.14. The molecule has 0 bridgehead atoms. The molecule has 42 heavy (non-hydrogen) atoms. The number of nitrogens with zero attached hydrogens (tertiary/aromatic N) is 1. The Kier molecular flexibility index (Phi) is 11.7. The third-order valence-electron chi connectivity index (χ3n) is 6.04. The summed E-state index contributed by atoms with van der Waals surface area (Å²) in [6, 6.07) is 7.21. The van der Waals surface area contributed by atoms with Gasteiger partial charge in [-0.3, -0.25) is 37.5 Å². The van der Waals surface area contributed by atoms with Gasteiger partial charge in [-0.25, -0.2) is 9.36 Å². The van der Waals surface area contributed by atoms with Crippen LogP contribution in [0.1, 0.15) is 70.6 Å². The predicted octanol–water partition coefficient (Wildman–Crippen LogP) is 5.23. The second-order valence-electron chi connectivity index (χ2n) is 11.8. The number of nitrogens with one attached hydrogen (secondary N) is 1. The van der Waals surface area contributed by atoms with Crippen LogP contribution in [-0.2, 0) is 32.5 Å². The molecule has 0 saturated carbocycles. The van der Waals surface area contributed by atoms with E-state index < -0.39 is 42.2 Å². The van der Waals surface area contributed by atoms with Crippen molar-refractivity contribution in [2.45, 2.75) is 60.8 Å². The van der Waals surface area contributed by atoms with E-state index >= 15 is 0 Å². The van der Waals surface area contributed by atoms with Crippen LogP contribution in [-0.4, -0.2) is 51.1 Å². The minimum absolute atomic E-state index is 0.0328. The SMILES string of the molecule is Cc1cn([C@@H]2O[C@H](COP(=O)(OCCSC(=O)C(C)(C)C)OCCSC(=O)C(C)(C)C)c3ccccc32)c(=O)[nH]c1=O.